The van der Waals surface area contributed by atoms with Crippen molar-refractivity contribution in [2.45, 2.75) is 38.9 Å². The summed E-state index contributed by atoms with van der Waals surface area (Å²) in [7, 11) is 0. The van der Waals surface area contributed by atoms with Crippen molar-refractivity contribution < 1.29 is 33.4 Å². The molecule has 4 aromatic carbocycles. The number of hydrogen-bond acceptors (Lipinski definition) is 9. The molecular formula is C36H34N4O7. The standard InChI is InChI=1S/C36H34N4O7/c1-25(21-46-35(43)39-33-15-7-29(8-16-33)19-27-3-11-31(12-4-27)37-23-41)45-22-26(2)47-36(44)40-34-17-9-30(10-18-34)20-28-5-13-32(14-6-28)38-24-42/h3-18,25-26H,19-22H2,1-2H3,(H,39,43)(H,40,44). The summed E-state index contributed by atoms with van der Waals surface area (Å²) in [5.74, 6) is 0. The van der Waals surface area contributed by atoms with Crippen LogP contribution in [0.5, 0.6) is 0 Å². The largest absolute Gasteiger partial charge is 0.447 e. The molecule has 4 aromatic rings. The third kappa shape index (κ3) is 11.9. The number of carbonyl (C=O) groups excluding carboxylic acids is 4. The summed E-state index contributed by atoms with van der Waals surface area (Å²) >= 11 is 0. The van der Waals surface area contributed by atoms with Crippen LogP contribution >= 0.6 is 0 Å². The summed E-state index contributed by atoms with van der Waals surface area (Å²) in [5.41, 5.74) is 6.47. The van der Waals surface area contributed by atoms with Gasteiger partial charge in [-0.05, 0) is 97.5 Å². The molecule has 0 spiro atoms. The molecule has 2 N–H and O–H groups in total. The Morgan fingerprint density at radius 2 is 1.00 bits per heavy atom. The van der Waals surface area contributed by atoms with E-state index in [1.54, 1.807) is 62.4 Å². The predicted molar refractivity (Wildman–Crippen MR) is 177 cm³/mol. The maximum atomic E-state index is 12.3. The fourth-order valence-electron chi connectivity index (χ4n) is 4.42. The highest BCUT2D eigenvalue weighted by Crippen LogP contribution is 2.19. The number of carbonyl (C=O) groups is 2. The first kappa shape index (κ1) is 34.0. The predicted octanol–water partition coefficient (Wildman–Crippen LogP) is 7.39. The number of amides is 2. The molecule has 11 nitrogen and oxygen atoms in total. The average Bonchev–Trinajstić information content (AvgIpc) is 3.06. The molecule has 240 valence electrons. The van der Waals surface area contributed by atoms with Crippen LogP contribution in [0.2, 0.25) is 0 Å². The first-order valence-electron chi connectivity index (χ1n) is 14.8. The lowest BCUT2D eigenvalue weighted by atomic mass is 10.0. The van der Waals surface area contributed by atoms with Crippen molar-refractivity contribution in [3.63, 3.8) is 0 Å². The molecule has 2 amide bonds. The Morgan fingerprint density at radius 1 is 0.596 bits per heavy atom. The van der Waals surface area contributed by atoms with Gasteiger partial charge in [0.15, 0.2) is 0 Å². The lowest BCUT2D eigenvalue weighted by Gasteiger charge is -2.18. The van der Waals surface area contributed by atoms with Gasteiger partial charge in [-0.15, -0.1) is 0 Å². The molecule has 0 heterocycles. The summed E-state index contributed by atoms with van der Waals surface area (Å²) in [4.78, 5) is 52.5. The number of anilines is 2. The third-order valence-electron chi connectivity index (χ3n) is 6.81. The Balaban J connectivity index is 1.11. The number of isocyanates is 2. The van der Waals surface area contributed by atoms with Gasteiger partial charge in [-0.2, -0.15) is 9.98 Å². The van der Waals surface area contributed by atoms with E-state index in [0.717, 1.165) is 22.3 Å². The van der Waals surface area contributed by atoms with Gasteiger partial charge in [0.25, 0.3) is 0 Å². The highest BCUT2D eigenvalue weighted by atomic mass is 16.6. The summed E-state index contributed by atoms with van der Waals surface area (Å²) in [6.07, 6.45) is 2.20. The molecule has 0 saturated heterocycles. The van der Waals surface area contributed by atoms with E-state index in [-0.39, 0.29) is 13.2 Å². The van der Waals surface area contributed by atoms with Crippen LogP contribution in [0, 0.1) is 0 Å². The second kappa shape index (κ2) is 17.6. The van der Waals surface area contributed by atoms with E-state index < -0.39 is 24.4 Å². The van der Waals surface area contributed by atoms with Crippen LogP contribution in [0.1, 0.15) is 36.1 Å². The molecule has 0 aliphatic heterocycles. The maximum Gasteiger partial charge on any atom is 0.411 e. The van der Waals surface area contributed by atoms with E-state index in [2.05, 4.69) is 20.6 Å². The number of nitrogens with zero attached hydrogens (tertiary/aromatic N) is 2. The summed E-state index contributed by atoms with van der Waals surface area (Å²) in [6.45, 7) is 3.58. The van der Waals surface area contributed by atoms with Gasteiger partial charge < -0.3 is 14.2 Å². The van der Waals surface area contributed by atoms with Gasteiger partial charge in [0.05, 0.1) is 24.1 Å². The Kier molecular flexibility index (Phi) is 12.7. The fraction of sp³-hybridized carbons (Fsp3) is 0.222. The molecule has 11 heteroatoms. The third-order valence-corrected chi connectivity index (χ3v) is 6.81. The molecular weight excluding hydrogens is 600 g/mol. The molecule has 2 atom stereocenters. The van der Waals surface area contributed by atoms with Crippen LogP contribution in [0.25, 0.3) is 0 Å². The van der Waals surface area contributed by atoms with E-state index in [9.17, 15) is 19.2 Å². The number of ether oxygens (including phenoxy) is 3. The second-order valence-electron chi connectivity index (χ2n) is 10.7. The lowest BCUT2D eigenvalue weighted by Crippen LogP contribution is -2.28. The summed E-state index contributed by atoms with van der Waals surface area (Å²) in [6, 6.07) is 29.4. The smallest absolute Gasteiger partial charge is 0.411 e. The minimum atomic E-state index is -0.614. The number of aliphatic imine (C=N–C) groups is 2. The van der Waals surface area contributed by atoms with E-state index in [4.69, 9.17) is 14.2 Å². The van der Waals surface area contributed by atoms with Crippen molar-refractivity contribution in [1.29, 1.82) is 0 Å². The molecule has 0 fully saturated rings. The van der Waals surface area contributed by atoms with Gasteiger partial charge in [0.2, 0.25) is 12.2 Å². The monoisotopic (exact) mass is 634 g/mol. The Hall–Kier alpha value is -5.86. The zero-order valence-corrected chi connectivity index (χ0v) is 26.0. The SMILES string of the molecule is CC(COC(=O)Nc1ccc(Cc2ccc(N=C=O)cc2)cc1)OCC(C)OC(=O)Nc1ccc(Cc2ccc(N=C=O)cc2)cc1. The fourth-order valence-corrected chi connectivity index (χ4v) is 4.42. The van der Waals surface area contributed by atoms with E-state index in [1.807, 2.05) is 48.5 Å². The topological polar surface area (TPSA) is 145 Å². The Bertz CT molecular complexity index is 1710. The molecule has 0 aliphatic carbocycles. The van der Waals surface area contributed by atoms with Gasteiger partial charge in [0, 0.05) is 11.4 Å². The molecule has 2 unspecified atom stereocenters. The first-order chi connectivity index (χ1) is 22.8. The van der Waals surface area contributed by atoms with E-state index in [1.165, 1.54) is 12.2 Å². The minimum Gasteiger partial charge on any atom is -0.447 e. The van der Waals surface area contributed by atoms with Crippen LogP contribution in [0.15, 0.2) is 107 Å². The van der Waals surface area contributed by atoms with Crippen molar-refractivity contribution in [3.8, 4) is 0 Å². The quantitative estimate of drug-likeness (QED) is 0.109. The zero-order valence-electron chi connectivity index (χ0n) is 26.0. The zero-order chi connectivity index (χ0) is 33.4. The van der Waals surface area contributed by atoms with Crippen LogP contribution < -0.4 is 10.6 Å². The highest BCUT2D eigenvalue weighted by molar-refractivity contribution is 5.85. The van der Waals surface area contributed by atoms with Crippen LogP contribution in [0.4, 0.5) is 32.3 Å². The van der Waals surface area contributed by atoms with Gasteiger partial charge in [-0.25, -0.2) is 19.2 Å². The number of rotatable bonds is 14. The van der Waals surface area contributed by atoms with Gasteiger partial charge >= 0.3 is 12.2 Å². The van der Waals surface area contributed by atoms with Crippen molar-refractivity contribution in [1.82, 2.24) is 0 Å². The number of hydrogen-bond donors (Lipinski definition) is 2. The molecule has 4 rings (SSSR count). The van der Waals surface area contributed by atoms with Crippen molar-refractivity contribution in [2.75, 3.05) is 23.8 Å². The van der Waals surface area contributed by atoms with E-state index >= 15 is 0 Å². The number of benzene rings is 4. The van der Waals surface area contributed by atoms with Crippen molar-refractivity contribution in [3.05, 3.63) is 119 Å². The summed E-state index contributed by atoms with van der Waals surface area (Å²) in [5, 5.41) is 5.39. The molecule has 0 saturated carbocycles. The molecule has 0 bridgehead atoms. The first-order valence-corrected chi connectivity index (χ1v) is 14.8. The van der Waals surface area contributed by atoms with Crippen molar-refractivity contribution >= 4 is 47.1 Å². The van der Waals surface area contributed by atoms with Gasteiger partial charge in [0.1, 0.15) is 12.7 Å². The van der Waals surface area contributed by atoms with Crippen LogP contribution in [-0.2, 0) is 36.6 Å². The van der Waals surface area contributed by atoms with Crippen LogP contribution in [-0.4, -0.2) is 49.8 Å². The number of nitrogens with one attached hydrogen (secondary N) is 2. The minimum absolute atomic E-state index is 0.0101. The van der Waals surface area contributed by atoms with Crippen molar-refractivity contribution in [2.24, 2.45) is 9.98 Å². The normalized spacial score (nSPS) is 11.6. The van der Waals surface area contributed by atoms with Crippen LogP contribution in [0.3, 0.4) is 0 Å². The highest BCUT2D eigenvalue weighted by Gasteiger charge is 2.14. The lowest BCUT2D eigenvalue weighted by molar-refractivity contribution is -0.0231. The molecule has 0 aliphatic rings. The Labute approximate surface area is 272 Å². The molecule has 0 aromatic heterocycles. The maximum absolute atomic E-state index is 12.3. The van der Waals surface area contributed by atoms with Gasteiger partial charge in [-0.1, -0.05) is 48.5 Å². The average molecular weight is 635 g/mol. The summed E-state index contributed by atoms with van der Waals surface area (Å²) < 4.78 is 16.3. The second-order valence-corrected chi connectivity index (χ2v) is 10.7. The molecule has 47 heavy (non-hydrogen) atoms. The van der Waals surface area contributed by atoms with Gasteiger partial charge in [-0.3, -0.25) is 10.6 Å². The Morgan fingerprint density at radius 3 is 1.43 bits per heavy atom. The van der Waals surface area contributed by atoms with E-state index in [0.29, 0.717) is 35.6 Å². The molecule has 0 radical (unpaired) electrons.